The van der Waals surface area contributed by atoms with E-state index in [4.69, 9.17) is 0 Å². The van der Waals surface area contributed by atoms with Gasteiger partial charge in [-0.25, -0.2) is 0 Å². The van der Waals surface area contributed by atoms with Gasteiger partial charge < -0.3 is 0 Å². The van der Waals surface area contributed by atoms with Crippen molar-refractivity contribution in [1.29, 1.82) is 0 Å². The van der Waals surface area contributed by atoms with E-state index in [1.54, 1.807) is 6.92 Å². The van der Waals surface area contributed by atoms with E-state index in [1.165, 1.54) is 0 Å². The van der Waals surface area contributed by atoms with E-state index in [9.17, 15) is 4.57 Å². The Kier molecular flexibility index (Phi) is 15.1. The Balaban J connectivity index is 0. The van der Waals surface area contributed by atoms with Crippen LogP contribution in [0.2, 0.25) is 0 Å². The molecule has 1 atom stereocenters. The zero-order valence-electron chi connectivity index (χ0n) is 3.73. The molecule has 0 saturated heterocycles. The van der Waals surface area contributed by atoms with Crippen LogP contribution >= 0.6 is 8.69 Å². The van der Waals surface area contributed by atoms with Crippen LogP contribution in [0.5, 0.6) is 0 Å². The van der Waals surface area contributed by atoms with Crippen LogP contribution < -0.4 is 0 Å². The molecule has 1 unspecified atom stereocenters. The van der Waals surface area contributed by atoms with E-state index in [-0.39, 0.29) is 19.5 Å². The van der Waals surface area contributed by atoms with Gasteiger partial charge in [-0.15, -0.1) is 4.52 Å². The van der Waals surface area contributed by atoms with Gasteiger partial charge in [0.25, 0.3) is 0 Å². The molecule has 0 N–H and O–H groups in total. The van der Waals surface area contributed by atoms with Crippen molar-refractivity contribution in [1.82, 2.24) is 0 Å². The molecule has 32 valence electrons. The molecule has 0 heterocycles. The summed E-state index contributed by atoms with van der Waals surface area (Å²) in [6.45, 7) is 2.34. The summed E-state index contributed by atoms with van der Waals surface area (Å²) in [6, 6.07) is 0. The van der Waals surface area contributed by atoms with Crippen LogP contribution in [-0.2, 0) is 28.6 Å². The van der Waals surface area contributed by atoms with Crippen LogP contribution in [0.25, 0.3) is 0 Å². The smallest absolute Gasteiger partial charge is 0.148 e. The first-order valence-corrected chi connectivity index (χ1v) is 2.22. The van der Waals surface area contributed by atoms with Gasteiger partial charge in [0.15, 0.2) is 0 Å². The fraction of sp³-hybridized carbons (Fsp3) is 1.00. The Bertz CT molecular complexity index is 32.7. The molecule has 0 aliphatic rings. The Hall–Kier alpha value is 0.683. The van der Waals surface area contributed by atoms with Crippen molar-refractivity contribution in [2.45, 2.75) is 6.92 Å². The molecule has 0 bridgehead atoms. The van der Waals surface area contributed by atoms with Crippen molar-refractivity contribution in [3.63, 3.8) is 0 Å². The molecular formula is C2H6O2PZn+. The molecule has 0 radical (unpaired) electrons. The minimum atomic E-state index is -0.592. The molecule has 2 nitrogen and oxygen atoms in total. The van der Waals surface area contributed by atoms with Crippen LogP contribution in [0.3, 0.4) is 0 Å². The van der Waals surface area contributed by atoms with Crippen LogP contribution in [0, 0.1) is 0 Å². The van der Waals surface area contributed by atoms with Gasteiger partial charge in [0.2, 0.25) is 0 Å². The van der Waals surface area contributed by atoms with Crippen LogP contribution in [0.15, 0.2) is 0 Å². The number of hydrogen-bond acceptors (Lipinski definition) is 2. The van der Waals surface area contributed by atoms with Gasteiger partial charge in [-0.2, -0.15) is 0 Å². The van der Waals surface area contributed by atoms with E-state index >= 15 is 0 Å². The number of rotatable bonds is 2. The zero-order chi connectivity index (χ0) is 4.12. The van der Waals surface area contributed by atoms with E-state index in [2.05, 4.69) is 4.52 Å². The summed E-state index contributed by atoms with van der Waals surface area (Å²) in [7, 11) is -0.592. The molecule has 0 amide bonds. The second-order valence-corrected chi connectivity index (χ2v) is 0.972. The van der Waals surface area contributed by atoms with Crippen LogP contribution in [0.4, 0.5) is 0 Å². The molecule has 6 heavy (non-hydrogen) atoms. The summed E-state index contributed by atoms with van der Waals surface area (Å²) in [5, 5.41) is 0. The van der Waals surface area contributed by atoms with Crippen molar-refractivity contribution < 1.29 is 28.6 Å². The molecule has 0 aromatic heterocycles. The predicted octanol–water partition coefficient (Wildman–Crippen LogP) is 0.959. The summed E-state index contributed by atoms with van der Waals surface area (Å²) in [5.41, 5.74) is 0. The second-order valence-electron chi connectivity index (χ2n) is 0.516. The third-order valence-electron chi connectivity index (χ3n) is 0.203. The molecular weight excluding hydrogens is 152 g/mol. The van der Waals surface area contributed by atoms with E-state index in [1.807, 2.05) is 0 Å². The van der Waals surface area contributed by atoms with Crippen molar-refractivity contribution in [3.05, 3.63) is 0 Å². The summed E-state index contributed by atoms with van der Waals surface area (Å²) in [5.74, 6) is 0. The van der Waals surface area contributed by atoms with E-state index < -0.39 is 8.69 Å². The van der Waals surface area contributed by atoms with Gasteiger partial charge in [-0.3, -0.25) is 0 Å². The van der Waals surface area contributed by atoms with Crippen molar-refractivity contribution in [2.24, 2.45) is 0 Å². The van der Waals surface area contributed by atoms with Gasteiger partial charge in [-0.1, -0.05) is 0 Å². The summed E-state index contributed by atoms with van der Waals surface area (Å²) in [4.78, 5) is 0. The second kappa shape index (κ2) is 9.19. The molecule has 0 spiro atoms. The maximum atomic E-state index is 9.34. The summed E-state index contributed by atoms with van der Waals surface area (Å²) < 4.78 is 13.6. The Morgan fingerprint density at radius 1 is 1.83 bits per heavy atom. The average molecular weight is 158 g/mol. The Labute approximate surface area is 51.3 Å². The zero-order valence-corrected chi connectivity index (χ0v) is 7.70. The molecule has 0 aliphatic heterocycles. The van der Waals surface area contributed by atoms with Crippen LogP contribution in [-0.4, -0.2) is 6.61 Å². The molecule has 0 aliphatic carbocycles. The fourth-order valence-corrected chi connectivity index (χ4v) is 0.177. The monoisotopic (exact) mass is 157 g/mol. The van der Waals surface area contributed by atoms with E-state index in [0.29, 0.717) is 6.61 Å². The van der Waals surface area contributed by atoms with E-state index in [0.717, 1.165) is 0 Å². The van der Waals surface area contributed by atoms with Gasteiger partial charge >= 0.3 is 8.69 Å². The molecule has 0 aromatic rings. The van der Waals surface area contributed by atoms with Crippen molar-refractivity contribution >= 4 is 8.69 Å². The van der Waals surface area contributed by atoms with Gasteiger partial charge in [0.1, 0.15) is 0 Å². The quantitative estimate of drug-likeness (QED) is 0.442. The number of hydrogen-bond donors (Lipinski definition) is 0. The van der Waals surface area contributed by atoms with Gasteiger partial charge in [-0.05, 0) is 11.5 Å². The molecule has 0 fully saturated rings. The summed E-state index contributed by atoms with van der Waals surface area (Å²) in [6.07, 6.45) is 0. The normalized spacial score (nSPS) is 7.50. The van der Waals surface area contributed by atoms with Crippen molar-refractivity contribution in [2.75, 3.05) is 6.61 Å². The van der Waals surface area contributed by atoms with Gasteiger partial charge in [0, 0.05) is 19.5 Å². The van der Waals surface area contributed by atoms with Gasteiger partial charge in [0.05, 0.1) is 6.61 Å². The first-order chi connectivity index (χ1) is 2.41. The average Bonchev–Trinajstić information content (AvgIpc) is 1.41. The largest absolute Gasteiger partial charge is 0.494 e. The minimum absolute atomic E-state index is 0. The Morgan fingerprint density at radius 2 is 2.33 bits per heavy atom. The predicted molar refractivity (Wildman–Crippen MR) is 20.6 cm³/mol. The first kappa shape index (κ1) is 9.84. The fourth-order valence-electron chi connectivity index (χ4n) is 0.0589. The summed E-state index contributed by atoms with van der Waals surface area (Å²) >= 11 is 0. The first-order valence-electron chi connectivity index (χ1n) is 1.40. The Morgan fingerprint density at radius 3 is 2.33 bits per heavy atom. The van der Waals surface area contributed by atoms with Crippen LogP contribution in [0.1, 0.15) is 6.92 Å². The molecule has 0 rings (SSSR count). The standard InChI is InChI=1S/C2H6O2P.Zn/c1-2-4-5-3;/h5H,2H2,1H3;/q+1;. The molecule has 0 aromatic carbocycles. The maximum absolute atomic E-state index is 9.34. The maximum Gasteiger partial charge on any atom is 0.494 e. The SMILES string of the molecule is CCO[PH+]=O.[Zn]. The third kappa shape index (κ3) is 8.82. The topological polar surface area (TPSA) is 26.3 Å². The minimum Gasteiger partial charge on any atom is -0.148 e. The van der Waals surface area contributed by atoms with Crippen molar-refractivity contribution in [3.8, 4) is 0 Å². The third-order valence-corrected chi connectivity index (χ3v) is 0.610. The molecule has 0 saturated carbocycles. The molecule has 4 heteroatoms.